The van der Waals surface area contributed by atoms with Crippen molar-refractivity contribution < 1.29 is 28.2 Å². The highest BCUT2D eigenvalue weighted by atomic mass is 32.1. The zero-order valence-corrected chi connectivity index (χ0v) is 24.0. The van der Waals surface area contributed by atoms with E-state index in [0.29, 0.717) is 37.6 Å². The number of nitrogens with one attached hydrogen (secondary N) is 1. The molecule has 1 fully saturated rings. The van der Waals surface area contributed by atoms with Crippen LogP contribution in [0.25, 0.3) is 0 Å². The predicted molar refractivity (Wildman–Crippen MR) is 154 cm³/mol. The number of amides is 3. The summed E-state index contributed by atoms with van der Waals surface area (Å²) in [5.74, 6) is 0.523. The first-order valence-electron chi connectivity index (χ1n) is 13.3. The molecule has 2 heterocycles. The van der Waals surface area contributed by atoms with Gasteiger partial charge in [-0.3, -0.25) is 4.79 Å². The van der Waals surface area contributed by atoms with Gasteiger partial charge in [-0.1, -0.05) is 18.2 Å². The van der Waals surface area contributed by atoms with Crippen LogP contribution in [0.3, 0.4) is 0 Å². The molecule has 8 nitrogen and oxygen atoms in total. The Balaban J connectivity index is 1.51. The van der Waals surface area contributed by atoms with Crippen LogP contribution < -0.4 is 14.8 Å². The van der Waals surface area contributed by atoms with E-state index in [9.17, 15) is 14.0 Å². The molecule has 3 amide bonds. The summed E-state index contributed by atoms with van der Waals surface area (Å²) in [6, 6.07) is 15.2. The minimum atomic E-state index is -0.541. The molecule has 40 heavy (non-hydrogen) atoms. The summed E-state index contributed by atoms with van der Waals surface area (Å²) in [5.41, 5.74) is 1.06. The van der Waals surface area contributed by atoms with Crippen LogP contribution in [0.15, 0.2) is 54.6 Å². The fourth-order valence-corrected chi connectivity index (χ4v) is 5.53. The van der Waals surface area contributed by atoms with Crippen molar-refractivity contribution in [2.24, 2.45) is 0 Å². The summed E-state index contributed by atoms with van der Waals surface area (Å²) >= 11 is 1.64. The Bertz CT molecular complexity index is 1290. The third-order valence-electron chi connectivity index (χ3n) is 6.79. The molecular weight excluding hydrogens is 533 g/mol. The van der Waals surface area contributed by atoms with Gasteiger partial charge in [0.1, 0.15) is 12.4 Å². The normalized spacial score (nSPS) is 14.6. The summed E-state index contributed by atoms with van der Waals surface area (Å²) in [4.78, 5) is 32.4. The number of methoxy groups -OCH3 is 2. The van der Waals surface area contributed by atoms with E-state index in [4.69, 9.17) is 14.2 Å². The fourth-order valence-electron chi connectivity index (χ4n) is 4.62. The van der Waals surface area contributed by atoms with Gasteiger partial charge in [0.2, 0.25) is 5.91 Å². The van der Waals surface area contributed by atoms with Crippen LogP contribution >= 0.6 is 11.3 Å². The van der Waals surface area contributed by atoms with Crippen molar-refractivity contribution >= 4 is 29.0 Å². The quantitative estimate of drug-likeness (QED) is 0.312. The number of anilines is 1. The number of hydrogen-bond donors (Lipinski definition) is 1. The van der Waals surface area contributed by atoms with E-state index < -0.39 is 11.8 Å². The average Bonchev–Trinajstić information content (AvgIpc) is 3.63. The largest absolute Gasteiger partial charge is 0.493 e. The lowest BCUT2D eigenvalue weighted by atomic mass is 10.1. The number of carbonyl (C=O) groups is 2. The molecule has 3 aromatic rings. The molecule has 0 spiro atoms. The van der Waals surface area contributed by atoms with E-state index in [1.165, 1.54) is 17.0 Å². The van der Waals surface area contributed by atoms with Gasteiger partial charge < -0.3 is 29.3 Å². The number of thiophene rings is 1. The van der Waals surface area contributed by atoms with Crippen LogP contribution in [0.5, 0.6) is 11.5 Å². The van der Waals surface area contributed by atoms with Crippen molar-refractivity contribution in [3.63, 3.8) is 0 Å². The minimum absolute atomic E-state index is 0.0664. The summed E-state index contributed by atoms with van der Waals surface area (Å²) in [6.07, 6.45) is 2.12. The highest BCUT2D eigenvalue weighted by Gasteiger charge is 2.27. The molecule has 1 N–H and O–H groups in total. The Hall–Kier alpha value is -3.63. The zero-order valence-electron chi connectivity index (χ0n) is 23.2. The molecule has 0 bridgehead atoms. The van der Waals surface area contributed by atoms with Crippen molar-refractivity contribution in [3.8, 4) is 11.5 Å². The number of carbonyl (C=O) groups excluding carboxylic acids is 2. The smallest absolute Gasteiger partial charge is 0.322 e. The number of halogens is 1. The van der Waals surface area contributed by atoms with Crippen molar-refractivity contribution in [1.82, 2.24) is 9.80 Å². The van der Waals surface area contributed by atoms with Gasteiger partial charge in [0.25, 0.3) is 0 Å². The Morgan fingerprint density at radius 2 is 1.88 bits per heavy atom. The van der Waals surface area contributed by atoms with Gasteiger partial charge in [0, 0.05) is 29.5 Å². The number of nitrogens with zero attached hydrogens (tertiary/aromatic N) is 2. The molecule has 214 valence electrons. The summed E-state index contributed by atoms with van der Waals surface area (Å²) < 4.78 is 30.8. The number of para-hydroxylation sites is 1. The molecule has 1 aromatic heterocycles. The van der Waals surface area contributed by atoms with Crippen LogP contribution in [0.4, 0.5) is 14.9 Å². The second kappa shape index (κ2) is 14.1. The second-order valence-electron chi connectivity index (χ2n) is 9.69. The fraction of sp³-hybridized carbons (Fsp3) is 0.400. The van der Waals surface area contributed by atoms with E-state index in [1.807, 2.05) is 37.3 Å². The molecule has 1 unspecified atom stereocenters. The first-order valence-corrected chi connectivity index (χ1v) is 14.1. The summed E-state index contributed by atoms with van der Waals surface area (Å²) in [5, 5.41) is 2.62. The Morgan fingerprint density at radius 1 is 1.07 bits per heavy atom. The number of benzene rings is 2. The molecule has 0 radical (unpaired) electrons. The standard InChI is InChI=1S/C30H36FN3O5S/c1-21-10-12-24(40-21)19-33(15-14-22-11-13-27(37-2)28(17-22)38-3)29(35)20-34(18-23-7-6-16-39-23)30(36)32-26-9-5-4-8-25(26)31/h4-5,8-13,17,23H,6-7,14-16,18-20H2,1-3H3,(H,32,36). The molecule has 4 rings (SSSR count). The van der Waals surface area contributed by atoms with Crippen molar-refractivity contribution in [2.45, 2.75) is 38.8 Å². The SMILES string of the molecule is COc1ccc(CCN(Cc2ccc(C)s2)C(=O)CN(CC2CCCO2)C(=O)Nc2ccccc2F)cc1OC. The molecule has 10 heteroatoms. The number of ether oxygens (including phenoxy) is 3. The molecule has 0 aliphatic carbocycles. The van der Waals surface area contributed by atoms with Gasteiger partial charge in [-0.2, -0.15) is 0 Å². The first kappa shape index (κ1) is 29.4. The Labute approximate surface area is 238 Å². The van der Waals surface area contributed by atoms with Crippen LogP contribution in [0.1, 0.15) is 28.2 Å². The summed E-state index contributed by atoms with van der Waals surface area (Å²) in [6.45, 7) is 3.60. The molecule has 1 atom stereocenters. The molecule has 0 saturated carbocycles. The molecule has 2 aromatic carbocycles. The van der Waals surface area contributed by atoms with Crippen LogP contribution in [0.2, 0.25) is 0 Å². The van der Waals surface area contributed by atoms with E-state index in [0.717, 1.165) is 28.2 Å². The highest BCUT2D eigenvalue weighted by Crippen LogP contribution is 2.28. The van der Waals surface area contributed by atoms with Crippen LogP contribution in [0, 0.1) is 12.7 Å². The van der Waals surface area contributed by atoms with Crippen molar-refractivity contribution in [3.05, 3.63) is 75.7 Å². The minimum Gasteiger partial charge on any atom is -0.493 e. The monoisotopic (exact) mass is 569 g/mol. The van der Waals surface area contributed by atoms with Gasteiger partial charge in [-0.15, -0.1) is 11.3 Å². The maximum absolute atomic E-state index is 14.3. The number of rotatable bonds is 12. The third kappa shape index (κ3) is 7.95. The average molecular weight is 570 g/mol. The molecular formula is C30H36FN3O5S. The number of urea groups is 1. The number of hydrogen-bond acceptors (Lipinski definition) is 6. The highest BCUT2D eigenvalue weighted by molar-refractivity contribution is 7.11. The van der Waals surface area contributed by atoms with E-state index in [-0.39, 0.29) is 30.8 Å². The predicted octanol–water partition coefficient (Wildman–Crippen LogP) is 5.50. The van der Waals surface area contributed by atoms with Crippen LogP contribution in [-0.4, -0.2) is 68.3 Å². The van der Waals surface area contributed by atoms with Crippen molar-refractivity contribution in [2.75, 3.05) is 45.8 Å². The van der Waals surface area contributed by atoms with E-state index >= 15 is 0 Å². The maximum atomic E-state index is 14.3. The van der Waals surface area contributed by atoms with E-state index in [1.54, 1.807) is 42.6 Å². The number of aryl methyl sites for hydroxylation is 1. The Morgan fingerprint density at radius 3 is 2.55 bits per heavy atom. The first-order chi connectivity index (χ1) is 19.4. The van der Waals surface area contributed by atoms with E-state index in [2.05, 4.69) is 5.32 Å². The zero-order chi connectivity index (χ0) is 28.5. The topological polar surface area (TPSA) is 80.3 Å². The molecule has 1 aliphatic rings. The van der Waals surface area contributed by atoms with Gasteiger partial charge in [-0.25, -0.2) is 9.18 Å². The van der Waals surface area contributed by atoms with Gasteiger partial charge in [0.15, 0.2) is 11.5 Å². The molecule has 1 aliphatic heterocycles. The van der Waals surface area contributed by atoms with Crippen molar-refractivity contribution in [1.29, 1.82) is 0 Å². The lowest BCUT2D eigenvalue weighted by Gasteiger charge is -2.29. The maximum Gasteiger partial charge on any atom is 0.322 e. The second-order valence-corrected chi connectivity index (χ2v) is 11.1. The van der Waals surface area contributed by atoms with Gasteiger partial charge in [-0.05, 0) is 68.1 Å². The van der Waals surface area contributed by atoms with Gasteiger partial charge in [0.05, 0.1) is 32.6 Å². The third-order valence-corrected chi connectivity index (χ3v) is 7.78. The van der Waals surface area contributed by atoms with Crippen LogP contribution in [-0.2, 0) is 22.5 Å². The molecule has 1 saturated heterocycles. The Kier molecular flexibility index (Phi) is 10.4. The lowest BCUT2D eigenvalue weighted by Crippen LogP contribution is -2.47. The van der Waals surface area contributed by atoms with Gasteiger partial charge >= 0.3 is 6.03 Å². The lowest BCUT2D eigenvalue weighted by molar-refractivity contribution is -0.132. The summed E-state index contributed by atoms with van der Waals surface area (Å²) in [7, 11) is 3.18.